The van der Waals surface area contributed by atoms with Crippen molar-refractivity contribution >= 4 is 17.5 Å². The summed E-state index contributed by atoms with van der Waals surface area (Å²) in [5, 5.41) is 5.90. The van der Waals surface area contributed by atoms with Crippen molar-refractivity contribution in [3.05, 3.63) is 53.9 Å². The molecule has 1 fully saturated rings. The van der Waals surface area contributed by atoms with Crippen molar-refractivity contribution in [3.63, 3.8) is 0 Å². The molecular formula is C23H29N3O3. The van der Waals surface area contributed by atoms with Gasteiger partial charge in [-0.2, -0.15) is 0 Å². The predicted molar refractivity (Wildman–Crippen MR) is 113 cm³/mol. The molecule has 1 aromatic carbocycles. The van der Waals surface area contributed by atoms with Gasteiger partial charge in [0.1, 0.15) is 17.1 Å². The van der Waals surface area contributed by atoms with E-state index in [1.807, 2.05) is 26.0 Å². The van der Waals surface area contributed by atoms with Crippen LogP contribution >= 0.6 is 0 Å². The minimum absolute atomic E-state index is 0.0119. The van der Waals surface area contributed by atoms with Crippen LogP contribution in [-0.2, 0) is 0 Å². The Morgan fingerprint density at radius 3 is 2.28 bits per heavy atom. The zero-order valence-corrected chi connectivity index (χ0v) is 17.1. The van der Waals surface area contributed by atoms with Crippen LogP contribution in [0.15, 0.2) is 42.5 Å². The Morgan fingerprint density at radius 1 is 0.931 bits per heavy atom. The fraction of sp³-hybridized carbons (Fsp3) is 0.435. The quantitative estimate of drug-likeness (QED) is 0.702. The first-order valence-corrected chi connectivity index (χ1v) is 10.4. The highest BCUT2D eigenvalue weighted by Crippen LogP contribution is 2.25. The van der Waals surface area contributed by atoms with Crippen LogP contribution in [0.2, 0.25) is 0 Å². The molecule has 0 saturated heterocycles. The van der Waals surface area contributed by atoms with E-state index >= 15 is 0 Å². The van der Waals surface area contributed by atoms with Gasteiger partial charge in [-0.15, -0.1) is 0 Å². The van der Waals surface area contributed by atoms with Crippen molar-refractivity contribution in [2.24, 2.45) is 0 Å². The van der Waals surface area contributed by atoms with Gasteiger partial charge in [-0.25, -0.2) is 4.98 Å². The Labute approximate surface area is 172 Å². The monoisotopic (exact) mass is 395 g/mol. The van der Waals surface area contributed by atoms with Gasteiger partial charge in [-0.05, 0) is 51.0 Å². The van der Waals surface area contributed by atoms with Crippen LogP contribution in [-0.4, -0.2) is 28.9 Å². The number of benzene rings is 1. The molecular weight excluding hydrogens is 366 g/mol. The van der Waals surface area contributed by atoms with Gasteiger partial charge in [-0.1, -0.05) is 43.9 Å². The molecule has 1 heterocycles. The number of aromatic nitrogens is 1. The number of hydrogen-bond donors (Lipinski definition) is 2. The number of nitrogens with one attached hydrogen (secondary N) is 2. The smallest absolute Gasteiger partial charge is 0.274 e. The summed E-state index contributed by atoms with van der Waals surface area (Å²) >= 11 is 0. The zero-order valence-electron chi connectivity index (χ0n) is 17.1. The number of nitrogens with zero attached hydrogens (tertiary/aromatic N) is 1. The van der Waals surface area contributed by atoms with Gasteiger partial charge in [-0.3, -0.25) is 9.59 Å². The average molecular weight is 396 g/mol. The molecule has 2 amide bonds. The zero-order chi connectivity index (χ0) is 20.6. The molecule has 0 aliphatic heterocycles. The summed E-state index contributed by atoms with van der Waals surface area (Å²) in [4.78, 5) is 29.6. The topological polar surface area (TPSA) is 80.3 Å². The molecule has 0 atom stereocenters. The third-order valence-corrected chi connectivity index (χ3v) is 4.90. The lowest BCUT2D eigenvalue weighted by Crippen LogP contribution is -2.35. The maximum Gasteiger partial charge on any atom is 0.274 e. The van der Waals surface area contributed by atoms with E-state index in [1.54, 1.807) is 30.3 Å². The molecule has 1 saturated carbocycles. The number of amides is 2. The molecule has 0 unspecified atom stereocenters. The summed E-state index contributed by atoms with van der Waals surface area (Å²) in [7, 11) is 0. The second kappa shape index (κ2) is 10.0. The van der Waals surface area contributed by atoms with Crippen LogP contribution in [0.1, 0.15) is 73.3 Å². The molecule has 6 heteroatoms. The standard InChI is InChI=1S/C23H29N3O3/c1-16(2)29-21-15-8-7-12-18(21)26-23(28)20-14-9-13-19(25-20)22(27)24-17-10-5-3-4-6-11-17/h7-9,12-17H,3-6,10-11H2,1-2H3,(H,24,27)(H,26,28). The number of ether oxygens (including phenoxy) is 1. The van der Waals surface area contributed by atoms with E-state index in [0.717, 1.165) is 25.7 Å². The predicted octanol–water partition coefficient (Wildman–Crippen LogP) is 4.57. The van der Waals surface area contributed by atoms with Crippen LogP contribution in [0, 0.1) is 0 Å². The van der Waals surface area contributed by atoms with Crippen LogP contribution in [0.4, 0.5) is 5.69 Å². The third-order valence-electron chi connectivity index (χ3n) is 4.90. The van der Waals surface area contributed by atoms with E-state index in [1.165, 1.54) is 12.8 Å². The van der Waals surface area contributed by atoms with Crippen molar-refractivity contribution in [2.75, 3.05) is 5.32 Å². The first-order chi connectivity index (χ1) is 14.0. The molecule has 2 N–H and O–H groups in total. The molecule has 1 aromatic heterocycles. The van der Waals surface area contributed by atoms with E-state index in [0.29, 0.717) is 11.4 Å². The Balaban J connectivity index is 1.69. The number of carbonyl (C=O) groups excluding carboxylic acids is 2. The Hall–Kier alpha value is -2.89. The number of rotatable bonds is 6. The Bertz CT molecular complexity index is 843. The van der Waals surface area contributed by atoms with Gasteiger partial charge in [0.25, 0.3) is 11.8 Å². The number of carbonyl (C=O) groups is 2. The summed E-state index contributed by atoms with van der Waals surface area (Å²) in [6, 6.07) is 12.4. The molecule has 0 bridgehead atoms. The summed E-state index contributed by atoms with van der Waals surface area (Å²) in [6.07, 6.45) is 6.71. The minimum atomic E-state index is -0.381. The van der Waals surface area contributed by atoms with E-state index in [2.05, 4.69) is 15.6 Å². The highest BCUT2D eigenvalue weighted by Gasteiger charge is 2.18. The maximum atomic E-state index is 12.7. The second-order valence-corrected chi connectivity index (χ2v) is 7.69. The van der Waals surface area contributed by atoms with Crippen molar-refractivity contribution in [3.8, 4) is 5.75 Å². The molecule has 1 aliphatic carbocycles. The van der Waals surface area contributed by atoms with Gasteiger partial charge in [0.05, 0.1) is 11.8 Å². The van der Waals surface area contributed by atoms with Gasteiger partial charge in [0, 0.05) is 6.04 Å². The fourth-order valence-corrected chi connectivity index (χ4v) is 3.48. The highest BCUT2D eigenvalue weighted by molar-refractivity contribution is 6.04. The van der Waals surface area contributed by atoms with Crippen LogP contribution < -0.4 is 15.4 Å². The summed E-state index contributed by atoms with van der Waals surface area (Å²) in [6.45, 7) is 3.85. The van der Waals surface area contributed by atoms with E-state index < -0.39 is 0 Å². The number of pyridine rings is 1. The lowest BCUT2D eigenvalue weighted by molar-refractivity contribution is 0.0928. The SMILES string of the molecule is CC(C)Oc1ccccc1NC(=O)c1cccc(C(=O)NC2CCCCCC2)n1. The van der Waals surface area contributed by atoms with Gasteiger partial charge < -0.3 is 15.4 Å². The van der Waals surface area contributed by atoms with Gasteiger partial charge in [0.15, 0.2) is 0 Å². The van der Waals surface area contributed by atoms with E-state index in [4.69, 9.17) is 4.74 Å². The first kappa shape index (κ1) is 20.8. The highest BCUT2D eigenvalue weighted by atomic mass is 16.5. The first-order valence-electron chi connectivity index (χ1n) is 10.4. The molecule has 0 radical (unpaired) electrons. The van der Waals surface area contributed by atoms with Crippen LogP contribution in [0.3, 0.4) is 0 Å². The second-order valence-electron chi connectivity index (χ2n) is 7.69. The lowest BCUT2D eigenvalue weighted by Gasteiger charge is -2.16. The van der Waals surface area contributed by atoms with Gasteiger partial charge >= 0.3 is 0 Å². The van der Waals surface area contributed by atoms with Crippen molar-refractivity contribution < 1.29 is 14.3 Å². The van der Waals surface area contributed by atoms with Gasteiger partial charge in [0.2, 0.25) is 0 Å². The fourth-order valence-electron chi connectivity index (χ4n) is 3.48. The van der Waals surface area contributed by atoms with Crippen molar-refractivity contribution in [1.29, 1.82) is 0 Å². The molecule has 3 rings (SSSR count). The van der Waals surface area contributed by atoms with Crippen molar-refractivity contribution in [2.45, 2.75) is 64.5 Å². The molecule has 29 heavy (non-hydrogen) atoms. The maximum absolute atomic E-state index is 12.7. The molecule has 154 valence electrons. The summed E-state index contributed by atoms with van der Waals surface area (Å²) in [5.74, 6) is -0.0119. The Morgan fingerprint density at radius 2 is 1.59 bits per heavy atom. The largest absolute Gasteiger partial charge is 0.489 e. The average Bonchev–Trinajstić information content (AvgIpc) is 2.98. The molecule has 2 aromatic rings. The lowest BCUT2D eigenvalue weighted by atomic mass is 10.1. The van der Waals surface area contributed by atoms with Crippen LogP contribution in [0.25, 0.3) is 0 Å². The molecule has 0 spiro atoms. The molecule has 6 nitrogen and oxygen atoms in total. The number of hydrogen-bond acceptors (Lipinski definition) is 4. The number of para-hydroxylation sites is 2. The minimum Gasteiger partial charge on any atom is -0.489 e. The summed E-state index contributed by atoms with van der Waals surface area (Å²) in [5.41, 5.74) is 1.02. The van der Waals surface area contributed by atoms with E-state index in [-0.39, 0.29) is 35.3 Å². The van der Waals surface area contributed by atoms with E-state index in [9.17, 15) is 9.59 Å². The van der Waals surface area contributed by atoms with Crippen LogP contribution in [0.5, 0.6) is 5.75 Å². The normalized spacial score (nSPS) is 14.9. The Kier molecular flexibility index (Phi) is 7.22. The summed E-state index contributed by atoms with van der Waals surface area (Å²) < 4.78 is 5.74. The molecule has 1 aliphatic rings. The number of anilines is 1. The third kappa shape index (κ3) is 6.04. The van der Waals surface area contributed by atoms with Crippen molar-refractivity contribution in [1.82, 2.24) is 10.3 Å².